The molecule has 1 unspecified atom stereocenters. The number of nitrogens with one attached hydrogen (secondary N) is 2. The highest BCUT2D eigenvalue weighted by Gasteiger charge is 2.31. The molecule has 32 heavy (non-hydrogen) atoms. The maximum absolute atomic E-state index is 11.6. The van der Waals surface area contributed by atoms with Crippen molar-refractivity contribution < 1.29 is 14.8 Å². The average Bonchev–Trinajstić information content (AvgIpc) is 2.81. The van der Waals surface area contributed by atoms with Gasteiger partial charge in [0.25, 0.3) is 0 Å². The van der Waals surface area contributed by atoms with Crippen molar-refractivity contribution in [2.75, 3.05) is 6.61 Å². The molecular formula is C24H21N3O4S. The molecule has 0 spiro atoms. The third-order valence-corrected chi connectivity index (χ3v) is 5.35. The SMILES string of the molecule is CCOc1cc(C2NC(=S)NC(c3ccccc3)=C2c2ccccc2)cc([N+](=O)[O-])c1O. The van der Waals surface area contributed by atoms with Crippen LogP contribution in [0.4, 0.5) is 5.69 Å². The van der Waals surface area contributed by atoms with Crippen LogP contribution < -0.4 is 15.4 Å². The number of hydrogen-bond acceptors (Lipinski definition) is 5. The van der Waals surface area contributed by atoms with Crippen LogP contribution in [-0.4, -0.2) is 21.7 Å². The zero-order valence-electron chi connectivity index (χ0n) is 17.2. The second-order valence-corrected chi connectivity index (χ2v) is 7.54. The smallest absolute Gasteiger partial charge is 0.315 e. The summed E-state index contributed by atoms with van der Waals surface area (Å²) in [6.07, 6.45) is 0. The second kappa shape index (κ2) is 9.07. The first kappa shape index (κ1) is 21.3. The fraction of sp³-hybridized carbons (Fsp3) is 0.125. The van der Waals surface area contributed by atoms with Crippen molar-refractivity contribution in [3.63, 3.8) is 0 Å². The molecule has 0 amide bonds. The average molecular weight is 448 g/mol. The van der Waals surface area contributed by atoms with Crippen LogP contribution in [0.3, 0.4) is 0 Å². The summed E-state index contributed by atoms with van der Waals surface area (Å²) in [7, 11) is 0. The predicted octanol–water partition coefficient (Wildman–Crippen LogP) is 4.79. The van der Waals surface area contributed by atoms with E-state index in [1.54, 1.807) is 13.0 Å². The molecule has 3 N–H and O–H groups in total. The van der Waals surface area contributed by atoms with Crippen LogP contribution in [0, 0.1) is 10.1 Å². The van der Waals surface area contributed by atoms with Crippen molar-refractivity contribution in [2.45, 2.75) is 13.0 Å². The van der Waals surface area contributed by atoms with Gasteiger partial charge in [0.1, 0.15) is 0 Å². The molecule has 8 heteroatoms. The van der Waals surface area contributed by atoms with E-state index in [-0.39, 0.29) is 12.4 Å². The summed E-state index contributed by atoms with van der Waals surface area (Å²) in [6, 6.07) is 21.9. The van der Waals surface area contributed by atoms with Gasteiger partial charge in [0.2, 0.25) is 5.75 Å². The van der Waals surface area contributed by atoms with Gasteiger partial charge in [-0.15, -0.1) is 0 Å². The van der Waals surface area contributed by atoms with Crippen LogP contribution in [0.5, 0.6) is 11.5 Å². The monoisotopic (exact) mass is 447 g/mol. The summed E-state index contributed by atoms with van der Waals surface area (Å²) in [5.41, 5.74) is 3.65. The van der Waals surface area contributed by atoms with E-state index in [9.17, 15) is 15.2 Å². The molecule has 4 rings (SSSR count). The van der Waals surface area contributed by atoms with Crippen molar-refractivity contribution in [1.82, 2.24) is 10.6 Å². The van der Waals surface area contributed by atoms with E-state index >= 15 is 0 Å². The van der Waals surface area contributed by atoms with E-state index in [0.717, 1.165) is 22.4 Å². The molecule has 162 valence electrons. The lowest BCUT2D eigenvalue weighted by Gasteiger charge is -2.33. The van der Waals surface area contributed by atoms with Crippen molar-refractivity contribution >= 4 is 34.3 Å². The van der Waals surface area contributed by atoms with E-state index in [1.165, 1.54) is 6.07 Å². The van der Waals surface area contributed by atoms with E-state index in [1.807, 2.05) is 60.7 Å². The summed E-state index contributed by atoms with van der Waals surface area (Å²) in [6.45, 7) is 2.00. The van der Waals surface area contributed by atoms with Crippen LogP contribution in [0.25, 0.3) is 11.3 Å². The summed E-state index contributed by atoms with van der Waals surface area (Å²) in [4.78, 5) is 11.0. The molecule has 1 aliphatic heterocycles. The Morgan fingerprint density at radius 2 is 1.69 bits per heavy atom. The van der Waals surface area contributed by atoms with Crippen LogP contribution in [0.1, 0.15) is 29.7 Å². The fourth-order valence-corrected chi connectivity index (χ4v) is 3.98. The first-order chi connectivity index (χ1) is 15.5. The molecule has 0 aromatic heterocycles. The Balaban J connectivity index is 1.98. The predicted molar refractivity (Wildman–Crippen MR) is 127 cm³/mol. The number of thiocarbonyl (C=S) groups is 1. The van der Waals surface area contributed by atoms with Crippen LogP contribution in [0.15, 0.2) is 72.8 Å². The highest BCUT2D eigenvalue weighted by Crippen LogP contribution is 2.43. The van der Waals surface area contributed by atoms with Crippen LogP contribution in [-0.2, 0) is 0 Å². The highest BCUT2D eigenvalue weighted by molar-refractivity contribution is 7.80. The third kappa shape index (κ3) is 4.13. The number of ether oxygens (including phenoxy) is 1. The number of rotatable bonds is 6. The molecular weight excluding hydrogens is 426 g/mol. The Kier molecular flexibility index (Phi) is 6.04. The molecule has 1 aliphatic rings. The minimum Gasteiger partial charge on any atom is -0.500 e. The molecule has 0 saturated heterocycles. The van der Waals surface area contributed by atoms with Crippen molar-refractivity contribution in [3.05, 3.63) is 99.6 Å². The standard InChI is InChI=1S/C24H21N3O4S/c1-2-31-19-14-17(13-18(23(19)28)27(29)30)22-20(15-9-5-3-6-10-15)21(25-24(32)26-22)16-11-7-4-8-12-16/h3-14,22,28H,2H2,1H3,(H2,25,26,32). The summed E-state index contributed by atoms with van der Waals surface area (Å²) in [5.74, 6) is -0.442. The molecule has 0 radical (unpaired) electrons. The maximum atomic E-state index is 11.6. The van der Waals surface area contributed by atoms with Gasteiger partial charge in [0.15, 0.2) is 10.9 Å². The molecule has 3 aromatic rings. The van der Waals surface area contributed by atoms with Gasteiger partial charge in [-0.2, -0.15) is 0 Å². The second-order valence-electron chi connectivity index (χ2n) is 7.13. The molecule has 3 aromatic carbocycles. The van der Waals surface area contributed by atoms with Gasteiger partial charge >= 0.3 is 5.69 Å². The number of nitro benzene ring substituents is 1. The lowest BCUT2D eigenvalue weighted by atomic mass is 9.87. The Morgan fingerprint density at radius 3 is 2.28 bits per heavy atom. The number of benzene rings is 3. The minimum absolute atomic E-state index is 0.0524. The third-order valence-electron chi connectivity index (χ3n) is 5.13. The first-order valence-corrected chi connectivity index (χ1v) is 10.5. The molecule has 0 bridgehead atoms. The summed E-state index contributed by atoms with van der Waals surface area (Å²) < 4.78 is 5.49. The minimum atomic E-state index is -0.620. The molecule has 0 fully saturated rings. The highest BCUT2D eigenvalue weighted by atomic mass is 32.1. The Morgan fingerprint density at radius 1 is 1.06 bits per heavy atom. The van der Waals surface area contributed by atoms with E-state index < -0.39 is 22.4 Å². The van der Waals surface area contributed by atoms with Gasteiger partial charge in [-0.25, -0.2) is 0 Å². The fourth-order valence-electron chi connectivity index (χ4n) is 3.76. The largest absolute Gasteiger partial charge is 0.500 e. The number of hydrogen-bond donors (Lipinski definition) is 3. The number of nitro groups is 1. The van der Waals surface area contributed by atoms with Gasteiger partial charge in [-0.1, -0.05) is 60.7 Å². The van der Waals surface area contributed by atoms with E-state index in [4.69, 9.17) is 17.0 Å². The van der Waals surface area contributed by atoms with Gasteiger partial charge in [0, 0.05) is 11.6 Å². The zero-order chi connectivity index (χ0) is 22.7. The number of nitrogens with zero attached hydrogens (tertiary/aromatic N) is 1. The molecule has 1 atom stereocenters. The number of aromatic hydroxyl groups is 1. The van der Waals surface area contributed by atoms with E-state index in [0.29, 0.717) is 10.7 Å². The van der Waals surface area contributed by atoms with Crippen molar-refractivity contribution in [3.8, 4) is 11.5 Å². The summed E-state index contributed by atoms with van der Waals surface area (Å²) >= 11 is 5.49. The molecule has 0 saturated carbocycles. The van der Waals surface area contributed by atoms with Gasteiger partial charge in [0.05, 0.1) is 23.3 Å². The summed E-state index contributed by atoms with van der Waals surface area (Å²) in [5, 5.41) is 28.9. The van der Waals surface area contributed by atoms with Gasteiger partial charge in [-0.3, -0.25) is 10.1 Å². The Hall–Kier alpha value is -3.91. The van der Waals surface area contributed by atoms with Gasteiger partial charge in [-0.05, 0) is 41.9 Å². The maximum Gasteiger partial charge on any atom is 0.315 e. The Bertz CT molecular complexity index is 1200. The molecule has 1 heterocycles. The lowest BCUT2D eigenvalue weighted by Crippen LogP contribution is -2.42. The quantitative estimate of drug-likeness (QED) is 0.284. The van der Waals surface area contributed by atoms with Crippen LogP contribution in [0.2, 0.25) is 0 Å². The van der Waals surface area contributed by atoms with Crippen molar-refractivity contribution in [1.29, 1.82) is 0 Å². The topological polar surface area (TPSA) is 96.7 Å². The first-order valence-electron chi connectivity index (χ1n) is 10.1. The molecule has 7 nitrogen and oxygen atoms in total. The van der Waals surface area contributed by atoms with Gasteiger partial charge < -0.3 is 20.5 Å². The Labute approximate surface area is 190 Å². The zero-order valence-corrected chi connectivity index (χ0v) is 18.1. The van der Waals surface area contributed by atoms with Crippen LogP contribution >= 0.6 is 12.2 Å². The van der Waals surface area contributed by atoms with Crippen molar-refractivity contribution in [2.24, 2.45) is 0 Å². The number of phenols is 1. The normalized spacial score (nSPS) is 15.7. The molecule has 0 aliphatic carbocycles. The number of phenolic OH excluding ortho intramolecular Hbond substituents is 1. The van der Waals surface area contributed by atoms with E-state index in [2.05, 4.69) is 10.6 Å². The lowest BCUT2D eigenvalue weighted by molar-refractivity contribution is -0.386.